The molecule has 0 spiro atoms. The highest BCUT2D eigenvalue weighted by Crippen LogP contribution is 2.54. The van der Waals surface area contributed by atoms with E-state index in [9.17, 15) is 8.42 Å². The minimum Gasteiger partial charge on any atom is -0.497 e. The summed E-state index contributed by atoms with van der Waals surface area (Å²) in [6.45, 7) is 2.50. The number of aryl methyl sites for hydroxylation is 1. The van der Waals surface area contributed by atoms with E-state index in [2.05, 4.69) is 0 Å². The third kappa shape index (κ3) is 4.44. The highest BCUT2D eigenvalue weighted by atomic mass is 32.2. The van der Waals surface area contributed by atoms with Gasteiger partial charge in [0, 0.05) is 0 Å². The van der Waals surface area contributed by atoms with Gasteiger partial charge in [-0.15, -0.1) is 0 Å². The summed E-state index contributed by atoms with van der Waals surface area (Å²) < 4.78 is 41.3. The van der Waals surface area contributed by atoms with Crippen LogP contribution in [0.5, 0.6) is 5.75 Å². The Morgan fingerprint density at radius 2 is 1.44 bits per heavy atom. The molecule has 36 heavy (non-hydrogen) atoms. The van der Waals surface area contributed by atoms with Gasteiger partial charge in [0.25, 0.3) is 0 Å². The van der Waals surface area contributed by atoms with Crippen LogP contribution in [0.1, 0.15) is 28.3 Å². The number of methoxy groups -OCH3 is 1. The first-order chi connectivity index (χ1) is 17.4. The molecule has 5 rings (SSSR count). The van der Waals surface area contributed by atoms with Gasteiger partial charge in [-0.3, -0.25) is 0 Å². The molecule has 5 nitrogen and oxygen atoms in total. The lowest BCUT2D eigenvalue weighted by atomic mass is 9.76. The second-order valence-corrected chi connectivity index (χ2v) is 11.0. The molecule has 0 amide bonds. The average molecular weight is 500 g/mol. The number of hydrogen-bond acceptors (Lipinski definition) is 4. The molecule has 4 aromatic carbocycles. The van der Waals surface area contributed by atoms with Crippen molar-refractivity contribution in [1.29, 1.82) is 0 Å². The molecule has 0 saturated carbocycles. The molecule has 1 saturated heterocycles. The second kappa shape index (κ2) is 9.90. The van der Waals surface area contributed by atoms with E-state index in [0.29, 0.717) is 6.61 Å². The van der Waals surface area contributed by atoms with Crippen LogP contribution in [-0.4, -0.2) is 26.4 Å². The first-order valence-corrected chi connectivity index (χ1v) is 13.3. The van der Waals surface area contributed by atoms with Gasteiger partial charge >= 0.3 is 0 Å². The van der Waals surface area contributed by atoms with E-state index >= 15 is 0 Å². The SMILES string of the molecule is COc1ccc([C@@]2(OCc3ccccc3)CN(S(=O)(=O)c3ccc(C)cc3)[C@H]2c2ccccc2)cc1. The molecule has 6 heteroatoms. The highest BCUT2D eigenvalue weighted by Gasteiger charge is 2.60. The molecule has 0 radical (unpaired) electrons. The van der Waals surface area contributed by atoms with E-state index in [4.69, 9.17) is 9.47 Å². The van der Waals surface area contributed by atoms with Gasteiger partial charge in [-0.25, -0.2) is 8.42 Å². The summed E-state index contributed by atoms with van der Waals surface area (Å²) in [4.78, 5) is 0.278. The van der Waals surface area contributed by atoms with Crippen LogP contribution >= 0.6 is 0 Å². The maximum atomic E-state index is 13.9. The van der Waals surface area contributed by atoms with E-state index in [-0.39, 0.29) is 11.4 Å². The smallest absolute Gasteiger partial charge is 0.243 e. The lowest BCUT2D eigenvalue weighted by Crippen LogP contribution is -2.64. The van der Waals surface area contributed by atoms with Crippen LogP contribution in [0.2, 0.25) is 0 Å². The van der Waals surface area contributed by atoms with Crippen molar-refractivity contribution in [1.82, 2.24) is 4.31 Å². The molecule has 0 aliphatic carbocycles. The fourth-order valence-electron chi connectivity index (χ4n) is 4.79. The van der Waals surface area contributed by atoms with Crippen LogP contribution in [0.4, 0.5) is 0 Å². The lowest BCUT2D eigenvalue weighted by Gasteiger charge is -2.56. The van der Waals surface area contributed by atoms with Crippen molar-refractivity contribution in [2.45, 2.75) is 30.1 Å². The predicted molar refractivity (Wildman–Crippen MR) is 140 cm³/mol. The Morgan fingerprint density at radius 3 is 2.06 bits per heavy atom. The van der Waals surface area contributed by atoms with Crippen molar-refractivity contribution in [3.8, 4) is 5.75 Å². The Labute approximate surface area is 213 Å². The van der Waals surface area contributed by atoms with Gasteiger partial charge in [0.2, 0.25) is 10.0 Å². The molecule has 1 fully saturated rings. The molecule has 1 aliphatic heterocycles. The number of nitrogens with zero attached hydrogens (tertiary/aromatic N) is 1. The third-order valence-electron chi connectivity index (χ3n) is 6.78. The second-order valence-electron chi connectivity index (χ2n) is 9.07. The van der Waals surface area contributed by atoms with Crippen molar-refractivity contribution in [2.24, 2.45) is 0 Å². The Morgan fingerprint density at radius 1 is 0.833 bits per heavy atom. The van der Waals surface area contributed by atoms with Gasteiger partial charge < -0.3 is 9.47 Å². The zero-order valence-corrected chi connectivity index (χ0v) is 21.2. The summed E-state index contributed by atoms with van der Waals surface area (Å²) in [7, 11) is -2.13. The molecule has 184 valence electrons. The van der Waals surface area contributed by atoms with E-state index in [1.807, 2.05) is 104 Å². The van der Waals surface area contributed by atoms with E-state index in [1.165, 1.54) is 0 Å². The molecule has 0 unspecified atom stereocenters. The molecular weight excluding hydrogens is 470 g/mol. The predicted octanol–water partition coefficient (Wildman–Crippen LogP) is 5.86. The van der Waals surface area contributed by atoms with Crippen molar-refractivity contribution in [2.75, 3.05) is 13.7 Å². The topological polar surface area (TPSA) is 55.8 Å². The molecule has 4 aromatic rings. The van der Waals surface area contributed by atoms with Crippen LogP contribution in [0.25, 0.3) is 0 Å². The fraction of sp³-hybridized carbons (Fsp3) is 0.200. The van der Waals surface area contributed by atoms with Crippen molar-refractivity contribution < 1.29 is 17.9 Å². The Bertz CT molecular complexity index is 1410. The molecule has 0 aromatic heterocycles. The van der Waals surface area contributed by atoms with Crippen molar-refractivity contribution in [3.05, 3.63) is 131 Å². The minimum absolute atomic E-state index is 0.196. The molecular formula is C30H29NO4S. The van der Waals surface area contributed by atoms with Crippen LogP contribution in [-0.2, 0) is 27.0 Å². The number of benzene rings is 4. The van der Waals surface area contributed by atoms with Gasteiger partial charge in [0.15, 0.2) is 0 Å². The van der Waals surface area contributed by atoms with Gasteiger partial charge in [-0.05, 0) is 47.9 Å². The lowest BCUT2D eigenvalue weighted by molar-refractivity contribution is -0.176. The maximum Gasteiger partial charge on any atom is 0.243 e. The Balaban J connectivity index is 1.61. The van der Waals surface area contributed by atoms with E-state index in [1.54, 1.807) is 23.5 Å². The zero-order chi connectivity index (χ0) is 25.2. The zero-order valence-electron chi connectivity index (χ0n) is 20.4. The summed E-state index contributed by atoms with van der Waals surface area (Å²) in [5.74, 6) is 0.733. The summed E-state index contributed by atoms with van der Waals surface area (Å²) >= 11 is 0. The summed E-state index contributed by atoms with van der Waals surface area (Å²) in [5, 5.41) is 0. The third-order valence-corrected chi connectivity index (χ3v) is 8.61. The van der Waals surface area contributed by atoms with Gasteiger partial charge in [-0.1, -0.05) is 90.5 Å². The summed E-state index contributed by atoms with van der Waals surface area (Å²) in [5.41, 5.74) is 2.95. The number of ether oxygens (including phenoxy) is 2. The monoisotopic (exact) mass is 499 g/mol. The van der Waals surface area contributed by atoms with Gasteiger partial charge in [0.05, 0.1) is 31.2 Å². The number of sulfonamides is 1. The maximum absolute atomic E-state index is 13.9. The summed E-state index contributed by atoms with van der Waals surface area (Å²) in [6, 6.07) is 33.8. The molecule has 0 N–H and O–H groups in total. The quantitative estimate of drug-likeness (QED) is 0.305. The molecule has 0 bridgehead atoms. The van der Waals surface area contributed by atoms with Crippen LogP contribution in [0.3, 0.4) is 0 Å². The van der Waals surface area contributed by atoms with Crippen LogP contribution in [0.15, 0.2) is 114 Å². The number of rotatable bonds is 8. The molecule has 2 atom stereocenters. The highest BCUT2D eigenvalue weighted by molar-refractivity contribution is 7.89. The molecule has 1 heterocycles. The first-order valence-electron chi connectivity index (χ1n) is 11.9. The molecule has 1 aliphatic rings. The van der Waals surface area contributed by atoms with Crippen molar-refractivity contribution in [3.63, 3.8) is 0 Å². The number of hydrogen-bond donors (Lipinski definition) is 0. The largest absolute Gasteiger partial charge is 0.497 e. The minimum atomic E-state index is -3.76. The Kier molecular flexibility index (Phi) is 6.67. The average Bonchev–Trinajstić information content (AvgIpc) is 2.90. The van der Waals surface area contributed by atoms with E-state index in [0.717, 1.165) is 28.0 Å². The van der Waals surface area contributed by atoms with Gasteiger partial charge in [-0.2, -0.15) is 4.31 Å². The van der Waals surface area contributed by atoms with Crippen LogP contribution in [0, 0.1) is 6.92 Å². The van der Waals surface area contributed by atoms with Gasteiger partial charge in [0.1, 0.15) is 11.4 Å². The van der Waals surface area contributed by atoms with E-state index < -0.39 is 21.7 Å². The normalized spacial score (nSPS) is 20.0. The standard InChI is InChI=1S/C30H29NO4S/c1-23-13-19-28(20-14-23)36(32,33)31-22-30(26-15-17-27(34-2)18-16-26,29(31)25-11-7-4-8-12-25)35-21-24-9-5-3-6-10-24/h3-20,29H,21-22H2,1-2H3/t29-,30-/m0/s1. The summed E-state index contributed by atoms with van der Waals surface area (Å²) in [6.07, 6.45) is 0. The fourth-order valence-corrected chi connectivity index (χ4v) is 6.47. The first kappa shape index (κ1) is 24.3. The Hall–Kier alpha value is -3.45. The van der Waals surface area contributed by atoms with Crippen molar-refractivity contribution >= 4 is 10.0 Å². The van der Waals surface area contributed by atoms with Crippen LogP contribution < -0.4 is 4.74 Å².